The predicted octanol–water partition coefficient (Wildman–Crippen LogP) is 19.0. The molecule has 0 saturated carbocycles. The molecule has 0 radical (unpaired) electrons. The minimum atomic E-state index is 0.714. The smallest absolute Gasteiger partial charge is 0.152 e. The van der Waals surface area contributed by atoms with Gasteiger partial charge in [0, 0.05) is 65.9 Å². The van der Waals surface area contributed by atoms with Crippen molar-refractivity contribution in [3.05, 3.63) is 249 Å². The van der Waals surface area contributed by atoms with E-state index in [4.69, 9.17) is 13.3 Å². The monoisotopic (exact) mass is 910 g/mol. The maximum absolute atomic E-state index is 6.83. The van der Waals surface area contributed by atoms with Gasteiger partial charge in [-0.2, -0.15) is 0 Å². The van der Waals surface area contributed by atoms with Crippen LogP contribution in [0, 0.1) is 0 Å². The molecule has 14 rings (SSSR count). The fourth-order valence-electron chi connectivity index (χ4n) is 10.7. The zero-order valence-electron chi connectivity index (χ0n) is 38.4. The molecule has 0 spiro atoms. The fourth-order valence-corrected chi connectivity index (χ4v) is 10.7. The van der Waals surface area contributed by atoms with Crippen molar-refractivity contribution in [2.75, 3.05) is 4.90 Å². The molecule has 0 saturated heterocycles. The fraction of sp³-hybridized carbons (Fsp3) is 0. The summed E-state index contributed by atoms with van der Waals surface area (Å²) in [6.07, 6.45) is 5.73. The van der Waals surface area contributed by atoms with Gasteiger partial charge in [0.05, 0.1) is 11.0 Å². The highest BCUT2D eigenvalue weighted by molar-refractivity contribution is 6.13. The van der Waals surface area contributed by atoms with Gasteiger partial charge >= 0.3 is 0 Å². The van der Waals surface area contributed by atoms with E-state index in [2.05, 4.69) is 216 Å². The third-order valence-corrected chi connectivity index (χ3v) is 14.0. The van der Waals surface area contributed by atoms with Crippen molar-refractivity contribution >= 4 is 99.8 Å². The van der Waals surface area contributed by atoms with Crippen LogP contribution in [0.1, 0.15) is 5.76 Å². The van der Waals surface area contributed by atoms with Gasteiger partial charge in [0.25, 0.3) is 0 Å². The summed E-state index contributed by atoms with van der Waals surface area (Å²) < 4.78 is 22.2. The molecule has 4 aromatic heterocycles. The second kappa shape index (κ2) is 16.3. The highest BCUT2D eigenvalue weighted by Gasteiger charge is 2.24. The van der Waals surface area contributed by atoms with E-state index in [9.17, 15) is 0 Å². The van der Waals surface area contributed by atoms with Crippen LogP contribution in [-0.4, -0.2) is 4.57 Å². The van der Waals surface area contributed by atoms with Gasteiger partial charge in [0.15, 0.2) is 5.76 Å². The molecular formula is C66H42N2O3. The average molecular weight is 911 g/mol. The quantitative estimate of drug-likeness (QED) is 0.135. The van der Waals surface area contributed by atoms with Crippen LogP contribution in [0.4, 0.5) is 17.1 Å². The lowest BCUT2D eigenvalue weighted by atomic mass is 9.99. The third-order valence-electron chi connectivity index (χ3n) is 14.0. The second-order valence-corrected chi connectivity index (χ2v) is 18.0. The summed E-state index contributed by atoms with van der Waals surface area (Å²) in [6, 6.07) is 79.4. The summed E-state index contributed by atoms with van der Waals surface area (Å²) >= 11 is 0. The molecule has 0 fully saturated rings. The van der Waals surface area contributed by atoms with Crippen molar-refractivity contribution in [3.63, 3.8) is 0 Å². The van der Waals surface area contributed by atoms with Crippen LogP contribution in [0.15, 0.2) is 256 Å². The molecule has 0 bridgehead atoms. The number of aromatic nitrogens is 1. The van der Waals surface area contributed by atoms with E-state index in [-0.39, 0.29) is 0 Å². The van der Waals surface area contributed by atoms with Crippen LogP contribution >= 0.6 is 0 Å². The van der Waals surface area contributed by atoms with E-state index >= 15 is 0 Å². The Morgan fingerprint density at radius 3 is 1.49 bits per heavy atom. The van der Waals surface area contributed by atoms with Crippen molar-refractivity contribution in [3.8, 4) is 39.1 Å². The molecule has 0 unspecified atom stereocenters. The largest absolute Gasteiger partial charge is 0.455 e. The summed E-state index contributed by atoms with van der Waals surface area (Å²) in [5, 5.41) is 7.80. The number of benzene rings is 10. The number of allylic oxidation sites excluding steroid dienone is 2. The highest BCUT2D eigenvalue weighted by Crippen LogP contribution is 2.47. The van der Waals surface area contributed by atoms with E-state index < -0.39 is 0 Å². The number of nitrogens with zero attached hydrogens (tertiary/aromatic N) is 2. The number of rotatable bonds is 9. The predicted molar refractivity (Wildman–Crippen MR) is 295 cm³/mol. The van der Waals surface area contributed by atoms with Crippen molar-refractivity contribution in [2.24, 2.45) is 0 Å². The number of anilines is 3. The second-order valence-electron chi connectivity index (χ2n) is 18.0. The molecule has 0 aliphatic rings. The summed E-state index contributed by atoms with van der Waals surface area (Å²) in [5.41, 5.74) is 17.0. The number of hydrogen-bond donors (Lipinski definition) is 0. The van der Waals surface area contributed by atoms with Crippen LogP contribution in [0.25, 0.3) is 122 Å². The van der Waals surface area contributed by atoms with Crippen molar-refractivity contribution in [1.82, 2.24) is 4.57 Å². The van der Waals surface area contributed by atoms with Crippen LogP contribution in [0.2, 0.25) is 0 Å². The van der Waals surface area contributed by atoms with Gasteiger partial charge in [0.2, 0.25) is 0 Å². The Morgan fingerprint density at radius 1 is 0.380 bits per heavy atom. The zero-order chi connectivity index (χ0) is 47.0. The lowest BCUT2D eigenvalue weighted by molar-refractivity contribution is 0.604. The molecule has 334 valence electrons. The molecule has 14 aromatic rings. The van der Waals surface area contributed by atoms with Crippen molar-refractivity contribution < 1.29 is 13.3 Å². The molecule has 0 aliphatic heterocycles. The Morgan fingerprint density at radius 2 is 0.873 bits per heavy atom. The lowest BCUT2D eigenvalue weighted by Crippen LogP contribution is -2.10. The SMILES string of the molecule is C=C/C=C\c1oc2ccc(-c3ccc4c(c3)c3ccccc3n4-c3ccccc3)cc2c1N(c1ccc(-c2cccc3c2oc2ccccc23)cc1)c1ccc(-c2cccc3c2oc2ccccc23)cc1. The molecule has 4 heterocycles. The Hall–Kier alpha value is -9.58. The standard InChI is InChI=1S/C66H42N2O3/c1-2-3-25-63-64(57-41-45(33-39-62(57)69-63)44-32-38-59-56(40-44)51-17-7-10-24-58(51)68(59)46-15-5-4-6-16-46)67(47-34-28-42(29-35-47)49-20-13-22-54-52-18-8-11-26-60(52)70-65(49)54)48-36-30-43(31-37-48)50-21-14-23-55-53-19-9-12-27-61(53)71-66(50)55/h2-41H,1H2/b25-3-. The lowest BCUT2D eigenvalue weighted by Gasteiger charge is -2.26. The summed E-state index contributed by atoms with van der Waals surface area (Å²) in [5.74, 6) is 0.714. The van der Waals surface area contributed by atoms with E-state index in [0.717, 1.165) is 116 Å². The Bertz CT molecular complexity index is 4250. The molecule has 10 aromatic carbocycles. The molecule has 0 atom stereocenters. The van der Waals surface area contributed by atoms with E-state index in [0.29, 0.717) is 5.76 Å². The summed E-state index contributed by atoms with van der Waals surface area (Å²) in [4.78, 5) is 2.31. The van der Waals surface area contributed by atoms with E-state index in [1.165, 1.54) is 16.3 Å². The van der Waals surface area contributed by atoms with Gasteiger partial charge in [-0.15, -0.1) is 0 Å². The Balaban J connectivity index is 0.943. The van der Waals surface area contributed by atoms with Crippen LogP contribution < -0.4 is 4.90 Å². The van der Waals surface area contributed by atoms with Crippen LogP contribution in [0.5, 0.6) is 0 Å². The Labute approximate surface area is 408 Å². The molecule has 0 amide bonds. The molecule has 0 N–H and O–H groups in total. The van der Waals surface area contributed by atoms with Crippen molar-refractivity contribution in [2.45, 2.75) is 0 Å². The van der Waals surface area contributed by atoms with Crippen LogP contribution in [-0.2, 0) is 0 Å². The molecule has 5 nitrogen and oxygen atoms in total. The van der Waals surface area contributed by atoms with Gasteiger partial charge in [-0.05, 0) is 107 Å². The first kappa shape index (κ1) is 40.5. The number of furan rings is 3. The maximum atomic E-state index is 6.83. The van der Waals surface area contributed by atoms with Gasteiger partial charge in [-0.25, -0.2) is 0 Å². The first-order chi connectivity index (χ1) is 35.2. The number of para-hydroxylation sites is 6. The third kappa shape index (κ3) is 6.55. The highest BCUT2D eigenvalue weighted by atomic mass is 16.3. The molecule has 5 heteroatoms. The van der Waals surface area contributed by atoms with Gasteiger partial charge in [-0.1, -0.05) is 164 Å². The Kier molecular flexibility index (Phi) is 9.29. The summed E-state index contributed by atoms with van der Waals surface area (Å²) in [6.45, 7) is 4.03. The van der Waals surface area contributed by atoms with E-state index in [1.807, 2.05) is 36.4 Å². The number of fused-ring (bicyclic) bond motifs is 10. The van der Waals surface area contributed by atoms with Gasteiger partial charge < -0.3 is 22.7 Å². The molecule has 71 heavy (non-hydrogen) atoms. The van der Waals surface area contributed by atoms with Crippen molar-refractivity contribution in [1.29, 1.82) is 0 Å². The minimum Gasteiger partial charge on any atom is -0.455 e. The minimum absolute atomic E-state index is 0.714. The first-order valence-electron chi connectivity index (χ1n) is 23.9. The first-order valence-corrected chi connectivity index (χ1v) is 23.9. The zero-order valence-corrected chi connectivity index (χ0v) is 38.4. The number of hydrogen-bond acceptors (Lipinski definition) is 4. The normalized spacial score (nSPS) is 11.9. The van der Waals surface area contributed by atoms with E-state index in [1.54, 1.807) is 6.08 Å². The average Bonchev–Trinajstić information content (AvgIpc) is 4.20. The topological polar surface area (TPSA) is 47.6 Å². The summed E-state index contributed by atoms with van der Waals surface area (Å²) in [7, 11) is 0. The molecular weight excluding hydrogens is 869 g/mol. The molecule has 0 aliphatic carbocycles. The van der Waals surface area contributed by atoms with Crippen LogP contribution in [0.3, 0.4) is 0 Å². The maximum Gasteiger partial charge on any atom is 0.152 e. The van der Waals surface area contributed by atoms with Gasteiger partial charge in [-0.3, -0.25) is 0 Å². The van der Waals surface area contributed by atoms with Gasteiger partial charge in [0.1, 0.15) is 33.6 Å².